The van der Waals surface area contributed by atoms with E-state index in [0.29, 0.717) is 31.3 Å². The first-order chi connectivity index (χ1) is 6.45. The van der Waals surface area contributed by atoms with Crippen LogP contribution < -0.4 is 5.32 Å². The monoisotopic (exact) mass is 237 g/mol. The van der Waals surface area contributed by atoms with Gasteiger partial charge in [0.2, 0.25) is 10.0 Å². The molecule has 0 aliphatic carbocycles. The summed E-state index contributed by atoms with van der Waals surface area (Å²) in [5.74, 6) is 0. The van der Waals surface area contributed by atoms with Crippen molar-refractivity contribution in [3.8, 4) is 0 Å². The van der Waals surface area contributed by atoms with Crippen molar-refractivity contribution in [3.05, 3.63) is 0 Å². The van der Waals surface area contributed by atoms with Gasteiger partial charge in [0.05, 0.1) is 6.26 Å². The molecular weight excluding hydrogens is 222 g/mol. The Hall–Kier alpha value is -0.400. The Morgan fingerprint density at radius 1 is 1.29 bits per heavy atom. The summed E-state index contributed by atoms with van der Waals surface area (Å²) in [6, 6.07) is 0. The first-order valence-electron chi connectivity index (χ1n) is 4.37. The van der Waals surface area contributed by atoms with Crippen LogP contribution in [0.1, 0.15) is 0 Å². The van der Waals surface area contributed by atoms with Crippen LogP contribution in [0.2, 0.25) is 0 Å². The van der Waals surface area contributed by atoms with Gasteiger partial charge in [-0.25, -0.2) is 8.42 Å². The second-order valence-corrected chi connectivity index (χ2v) is 5.57. The lowest BCUT2D eigenvalue weighted by Crippen LogP contribution is -2.52. The fourth-order valence-corrected chi connectivity index (χ4v) is 2.39. The molecule has 14 heavy (non-hydrogen) atoms. The van der Waals surface area contributed by atoms with E-state index >= 15 is 0 Å². The van der Waals surface area contributed by atoms with Gasteiger partial charge in [-0.1, -0.05) is 0 Å². The Balaban J connectivity index is 2.51. The Labute approximate surface area is 90.1 Å². The molecule has 0 amide bonds. The fourth-order valence-electron chi connectivity index (χ4n) is 1.38. The zero-order chi connectivity index (χ0) is 10.8. The van der Waals surface area contributed by atoms with Crippen molar-refractivity contribution in [2.75, 3.05) is 39.5 Å². The molecule has 0 saturated carbocycles. The molecule has 1 aliphatic heterocycles. The molecule has 82 valence electrons. The van der Waals surface area contributed by atoms with Crippen molar-refractivity contribution in [2.24, 2.45) is 0 Å². The second-order valence-electron chi connectivity index (χ2n) is 3.20. The maximum absolute atomic E-state index is 11.2. The number of piperazine rings is 1. The minimum absolute atomic E-state index is 0.515. The molecule has 1 aliphatic rings. The van der Waals surface area contributed by atoms with E-state index in [0.717, 1.165) is 0 Å². The lowest BCUT2D eigenvalue weighted by atomic mass is 10.4. The molecule has 0 bridgehead atoms. The molecule has 0 atom stereocenters. The van der Waals surface area contributed by atoms with E-state index in [1.165, 1.54) is 10.6 Å². The van der Waals surface area contributed by atoms with E-state index in [9.17, 15) is 8.42 Å². The van der Waals surface area contributed by atoms with E-state index in [1.54, 1.807) is 7.05 Å². The highest BCUT2D eigenvalue weighted by Crippen LogP contribution is 2.05. The molecule has 0 radical (unpaired) electrons. The van der Waals surface area contributed by atoms with E-state index in [-0.39, 0.29) is 0 Å². The first-order valence-corrected chi connectivity index (χ1v) is 6.62. The normalized spacial score (nSPS) is 19.4. The highest BCUT2D eigenvalue weighted by atomic mass is 32.2. The lowest BCUT2D eigenvalue weighted by molar-refractivity contribution is 0.266. The molecule has 1 rings (SSSR count). The summed E-state index contributed by atoms with van der Waals surface area (Å²) < 4.78 is 23.9. The predicted molar refractivity (Wildman–Crippen MR) is 59.6 cm³/mol. The van der Waals surface area contributed by atoms with Gasteiger partial charge in [0, 0.05) is 33.2 Å². The van der Waals surface area contributed by atoms with E-state index < -0.39 is 10.0 Å². The molecule has 1 fully saturated rings. The lowest BCUT2D eigenvalue weighted by Gasteiger charge is -2.34. The third-order valence-electron chi connectivity index (χ3n) is 2.21. The quantitative estimate of drug-likeness (QED) is 0.597. The summed E-state index contributed by atoms with van der Waals surface area (Å²) >= 11 is 5.05. The molecule has 7 heteroatoms. The van der Waals surface area contributed by atoms with Gasteiger partial charge >= 0.3 is 0 Å². The van der Waals surface area contributed by atoms with Crippen LogP contribution in [0, 0.1) is 0 Å². The van der Waals surface area contributed by atoms with Crippen LogP contribution in [-0.2, 0) is 10.0 Å². The minimum atomic E-state index is -3.04. The van der Waals surface area contributed by atoms with Crippen LogP contribution in [0.4, 0.5) is 0 Å². The summed E-state index contributed by atoms with van der Waals surface area (Å²) in [6.45, 7) is 2.35. The third kappa shape index (κ3) is 2.79. The van der Waals surface area contributed by atoms with Gasteiger partial charge < -0.3 is 10.2 Å². The summed E-state index contributed by atoms with van der Waals surface area (Å²) in [7, 11) is -1.27. The molecule has 1 saturated heterocycles. The van der Waals surface area contributed by atoms with Gasteiger partial charge in [0.25, 0.3) is 0 Å². The van der Waals surface area contributed by atoms with Gasteiger partial charge in [0.1, 0.15) is 0 Å². The van der Waals surface area contributed by atoms with Crippen molar-refractivity contribution < 1.29 is 8.42 Å². The van der Waals surface area contributed by atoms with Crippen molar-refractivity contribution in [1.29, 1.82) is 0 Å². The van der Waals surface area contributed by atoms with Gasteiger partial charge in [-0.15, -0.1) is 0 Å². The Morgan fingerprint density at radius 3 is 2.14 bits per heavy atom. The molecular formula is C7H15N3O2S2. The molecule has 0 aromatic rings. The van der Waals surface area contributed by atoms with Crippen LogP contribution in [0.5, 0.6) is 0 Å². The molecule has 0 aromatic heterocycles. The number of hydrogen-bond donors (Lipinski definition) is 1. The molecule has 5 nitrogen and oxygen atoms in total. The average molecular weight is 237 g/mol. The van der Waals surface area contributed by atoms with E-state index in [2.05, 4.69) is 5.32 Å². The fraction of sp³-hybridized carbons (Fsp3) is 0.857. The van der Waals surface area contributed by atoms with E-state index in [4.69, 9.17) is 12.2 Å². The molecule has 1 heterocycles. The van der Waals surface area contributed by atoms with Crippen LogP contribution in [0.3, 0.4) is 0 Å². The second kappa shape index (κ2) is 4.41. The summed E-state index contributed by atoms with van der Waals surface area (Å²) in [5.41, 5.74) is 0. The number of sulfonamides is 1. The van der Waals surface area contributed by atoms with Crippen LogP contribution in [0.15, 0.2) is 0 Å². The zero-order valence-electron chi connectivity index (χ0n) is 8.36. The summed E-state index contributed by atoms with van der Waals surface area (Å²) in [5, 5.41) is 3.56. The standard InChI is InChI=1S/C7H15N3O2S2/c1-8-7(13)9-3-5-10(6-4-9)14(2,11)12/h3-6H2,1-2H3,(H,8,13). The third-order valence-corrected chi connectivity index (χ3v) is 3.97. The maximum Gasteiger partial charge on any atom is 0.211 e. The zero-order valence-corrected chi connectivity index (χ0v) is 9.99. The number of rotatable bonds is 1. The van der Waals surface area contributed by atoms with Crippen LogP contribution >= 0.6 is 12.2 Å². The molecule has 1 N–H and O–H groups in total. The van der Waals surface area contributed by atoms with Crippen molar-refractivity contribution >= 4 is 27.4 Å². The number of nitrogens with zero attached hydrogens (tertiary/aromatic N) is 2. The summed E-state index contributed by atoms with van der Waals surface area (Å²) in [6.07, 6.45) is 1.24. The molecule has 0 spiro atoms. The highest BCUT2D eigenvalue weighted by molar-refractivity contribution is 7.88. The molecule has 0 aromatic carbocycles. The predicted octanol–water partition coefficient (Wildman–Crippen LogP) is -0.932. The largest absolute Gasteiger partial charge is 0.366 e. The maximum atomic E-state index is 11.2. The van der Waals surface area contributed by atoms with Crippen molar-refractivity contribution in [1.82, 2.24) is 14.5 Å². The van der Waals surface area contributed by atoms with Gasteiger partial charge in [-0.05, 0) is 12.2 Å². The van der Waals surface area contributed by atoms with E-state index in [1.807, 2.05) is 4.90 Å². The van der Waals surface area contributed by atoms with Crippen LogP contribution in [-0.4, -0.2) is 62.2 Å². The topological polar surface area (TPSA) is 52.6 Å². The Bertz CT molecular complexity index is 307. The number of hydrogen-bond acceptors (Lipinski definition) is 3. The minimum Gasteiger partial charge on any atom is -0.366 e. The smallest absolute Gasteiger partial charge is 0.211 e. The van der Waals surface area contributed by atoms with Crippen molar-refractivity contribution in [2.45, 2.75) is 0 Å². The van der Waals surface area contributed by atoms with Gasteiger partial charge in [-0.3, -0.25) is 0 Å². The van der Waals surface area contributed by atoms with Gasteiger partial charge in [0.15, 0.2) is 5.11 Å². The Morgan fingerprint density at radius 2 is 1.79 bits per heavy atom. The first kappa shape index (κ1) is 11.7. The number of nitrogens with one attached hydrogen (secondary N) is 1. The van der Waals surface area contributed by atoms with Gasteiger partial charge in [-0.2, -0.15) is 4.31 Å². The van der Waals surface area contributed by atoms with Crippen molar-refractivity contribution in [3.63, 3.8) is 0 Å². The molecule has 0 unspecified atom stereocenters. The summed E-state index contributed by atoms with van der Waals surface area (Å²) in [4.78, 5) is 1.97. The number of thiocarbonyl (C=S) groups is 1. The van der Waals surface area contributed by atoms with Crippen LogP contribution in [0.25, 0.3) is 0 Å². The SMILES string of the molecule is CNC(=S)N1CCN(S(C)(=O)=O)CC1. The average Bonchev–Trinajstić information content (AvgIpc) is 2.15. The highest BCUT2D eigenvalue weighted by Gasteiger charge is 2.23. The Kier molecular flexibility index (Phi) is 3.68.